The number of guanidine groups is 3. The number of nitrogens with zero attached hydrogens (tertiary/aromatic N) is 10. The van der Waals surface area contributed by atoms with Crippen molar-refractivity contribution in [1.29, 1.82) is 0 Å². The molecule has 0 radical (unpaired) electrons. The van der Waals surface area contributed by atoms with Gasteiger partial charge in [0.1, 0.15) is 29.4 Å². The Labute approximate surface area is 468 Å². The number of aliphatic imine (C=N–C) groups is 3. The second kappa shape index (κ2) is 23.5. The molecule has 0 bridgehead atoms. The molecule has 6 atom stereocenters. The standard InChI is InChI=1S/C22H20FN5O2.2C18H18F2N4O2/c1-14(23)30-19-8-6-17(7-9-19)22(20(29)28(2)21(24)27-22)18-5-3-4-15(10-18)16-11-25-13-26-12-16;1-10-6-12(4-5-15(10)26-11(2)19)18(13-7-14(20)9-22-8-13)16(25)24(3)17(21)23-18;1-10-8-12(4-5-14(10)26-11(2)19)18(13-6-7-22-15(20)9-13)16(25)24(3)17(21)23-18/h3-14H,1-2H3,(H2,24,27);2*4-9,11H,1-3H3,(H2,21,23). The second-order valence-corrected chi connectivity index (χ2v) is 19.1. The molecule has 0 saturated carbocycles. The second-order valence-electron chi connectivity index (χ2n) is 19.1. The molecule has 0 spiro atoms. The number of likely N-dealkylation sites (N-methyl/N-ethyl adjacent to an activating group) is 3. The topological polar surface area (TPSA) is 255 Å². The number of halogens is 5. The number of hydrogen-bond donors (Lipinski definition) is 3. The van der Waals surface area contributed by atoms with E-state index in [9.17, 15) is 36.3 Å². The number of pyridine rings is 2. The molecule has 424 valence electrons. The van der Waals surface area contributed by atoms with Crippen LogP contribution in [0.2, 0.25) is 0 Å². The van der Waals surface area contributed by atoms with E-state index < -0.39 is 59.3 Å². The van der Waals surface area contributed by atoms with Gasteiger partial charge in [0.2, 0.25) is 25.0 Å². The van der Waals surface area contributed by atoms with Gasteiger partial charge in [-0.2, -0.15) is 4.39 Å². The Hall–Kier alpha value is -9.87. The van der Waals surface area contributed by atoms with Gasteiger partial charge in [-0.25, -0.2) is 47.5 Å². The lowest BCUT2D eigenvalue weighted by Gasteiger charge is -2.26. The lowest BCUT2D eigenvalue weighted by molar-refractivity contribution is -0.130. The van der Waals surface area contributed by atoms with Crippen LogP contribution in [0.5, 0.6) is 17.2 Å². The Bertz CT molecular complexity index is 3500. The number of alkyl halides is 3. The molecule has 82 heavy (non-hydrogen) atoms. The zero-order valence-electron chi connectivity index (χ0n) is 45.6. The highest BCUT2D eigenvalue weighted by atomic mass is 19.2. The summed E-state index contributed by atoms with van der Waals surface area (Å²) in [5.41, 5.74) is 18.9. The first-order valence-corrected chi connectivity index (χ1v) is 25.2. The summed E-state index contributed by atoms with van der Waals surface area (Å²) in [5, 5.41) is 0. The number of aryl methyl sites for hydroxylation is 2. The van der Waals surface area contributed by atoms with E-state index in [0.717, 1.165) is 23.4 Å². The number of rotatable bonds is 13. The normalized spacial score (nSPS) is 20.4. The van der Waals surface area contributed by atoms with E-state index in [1.807, 2.05) is 24.3 Å². The minimum Gasteiger partial charge on any atom is -0.461 e. The SMILES string of the molecule is CC(F)Oc1ccc(C2(c3cccc(-c4cncnc4)c3)N=C(N)N(C)C2=O)cc1.Cc1cc(C2(c3ccnc(F)c3)N=C(N)N(C)C2=O)ccc1OC(C)F.Cc1cc(C2(c3cncc(F)c3)N=C(N)N(C)C2=O)ccc1OC(C)F. The molecule has 0 fully saturated rings. The number of carbonyl (C=O) groups is 3. The van der Waals surface area contributed by atoms with Gasteiger partial charge in [0.15, 0.2) is 34.5 Å². The molecule has 19 nitrogen and oxygen atoms in total. The quantitative estimate of drug-likeness (QED) is 0.0754. The maximum absolute atomic E-state index is 13.8. The molecule has 6 unspecified atom stereocenters. The van der Waals surface area contributed by atoms with Crippen LogP contribution in [-0.4, -0.2) is 110 Å². The van der Waals surface area contributed by atoms with Crippen molar-refractivity contribution in [2.24, 2.45) is 32.2 Å². The lowest BCUT2D eigenvalue weighted by atomic mass is 9.82. The molecule has 4 aromatic carbocycles. The van der Waals surface area contributed by atoms with Crippen LogP contribution in [0.1, 0.15) is 65.3 Å². The molecule has 0 saturated heterocycles. The average Bonchev–Trinajstić information content (AvgIpc) is 3.80. The molecule has 3 aromatic heterocycles. The number of nitrogens with two attached hydrogens (primary N) is 3. The van der Waals surface area contributed by atoms with Gasteiger partial charge in [-0.3, -0.25) is 34.1 Å². The lowest BCUT2D eigenvalue weighted by Crippen LogP contribution is -2.41. The predicted octanol–water partition coefficient (Wildman–Crippen LogP) is 7.38. The number of aromatic nitrogens is 4. The van der Waals surface area contributed by atoms with Gasteiger partial charge < -0.3 is 31.4 Å². The predicted molar refractivity (Wildman–Crippen MR) is 294 cm³/mol. The van der Waals surface area contributed by atoms with Crippen LogP contribution in [0.3, 0.4) is 0 Å². The van der Waals surface area contributed by atoms with Gasteiger partial charge in [-0.1, -0.05) is 42.5 Å². The molecule has 10 rings (SSSR count). The highest BCUT2D eigenvalue weighted by Gasteiger charge is 2.52. The molecule has 3 aliphatic heterocycles. The molecule has 3 aliphatic rings. The van der Waals surface area contributed by atoms with Crippen molar-refractivity contribution < 1.29 is 50.5 Å². The third-order valence-corrected chi connectivity index (χ3v) is 13.5. The third-order valence-electron chi connectivity index (χ3n) is 13.5. The van der Waals surface area contributed by atoms with Crippen molar-refractivity contribution in [2.45, 2.75) is 70.3 Å². The number of amides is 3. The molecule has 6 heterocycles. The van der Waals surface area contributed by atoms with Crippen LogP contribution in [-0.2, 0) is 31.0 Å². The Morgan fingerprint density at radius 1 is 0.488 bits per heavy atom. The summed E-state index contributed by atoms with van der Waals surface area (Å²) in [6.45, 7) is 7.28. The van der Waals surface area contributed by atoms with Crippen LogP contribution >= 0.6 is 0 Å². The highest BCUT2D eigenvalue weighted by molar-refractivity contribution is 6.10. The largest absolute Gasteiger partial charge is 0.461 e. The fourth-order valence-corrected chi connectivity index (χ4v) is 9.49. The molecule has 24 heteroatoms. The first-order chi connectivity index (χ1) is 38.9. The fourth-order valence-electron chi connectivity index (χ4n) is 9.49. The minimum atomic E-state index is -1.56. The summed E-state index contributed by atoms with van der Waals surface area (Å²) in [6.07, 6.45) is 4.13. The Morgan fingerprint density at radius 3 is 1.38 bits per heavy atom. The molecular formula is C58H56F5N13O6. The van der Waals surface area contributed by atoms with Crippen molar-refractivity contribution in [1.82, 2.24) is 34.6 Å². The van der Waals surface area contributed by atoms with Crippen molar-refractivity contribution >= 4 is 35.6 Å². The summed E-state index contributed by atoms with van der Waals surface area (Å²) >= 11 is 0. The van der Waals surface area contributed by atoms with Crippen molar-refractivity contribution in [3.05, 3.63) is 197 Å². The van der Waals surface area contributed by atoms with Crippen LogP contribution in [0.25, 0.3) is 11.1 Å². The monoisotopic (exact) mass is 1130 g/mol. The fraction of sp³-hybridized carbons (Fsp3) is 0.241. The third kappa shape index (κ3) is 11.2. The number of ether oxygens (including phenoxy) is 3. The zero-order chi connectivity index (χ0) is 59.4. The molecule has 3 amide bonds. The van der Waals surface area contributed by atoms with Gasteiger partial charge in [0, 0.05) is 77.8 Å². The maximum Gasteiger partial charge on any atom is 0.266 e. The van der Waals surface area contributed by atoms with E-state index in [0.29, 0.717) is 56.2 Å². The zero-order valence-corrected chi connectivity index (χ0v) is 45.6. The minimum absolute atomic E-state index is 0.00891. The van der Waals surface area contributed by atoms with Crippen LogP contribution in [0.4, 0.5) is 22.0 Å². The summed E-state index contributed by atoms with van der Waals surface area (Å²) in [4.78, 5) is 71.9. The van der Waals surface area contributed by atoms with Crippen LogP contribution in [0, 0.1) is 25.6 Å². The van der Waals surface area contributed by atoms with Crippen molar-refractivity contribution in [3.8, 4) is 28.4 Å². The average molecular weight is 1130 g/mol. The van der Waals surface area contributed by atoms with E-state index in [2.05, 4.69) is 34.9 Å². The Kier molecular flexibility index (Phi) is 16.7. The van der Waals surface area contributed by atoms with E-state index in [-0.39, 0.29) is 29.3 Å². The maximum atomic E-state index is 13.8. The van der Waals surface area contributed by atoms with E-state index in [1.54, 1.807) is 94.0 Å². The summed E-state index contributed by atoms with van der Waals surface area (Å²) in [5.74, 6) is -1.29. The summed E-state index contributed by atoms with van der Waals surface area (Å²) in [6, 6.07) is 27.5. The van der Waals surface area contributed by atoms with Crippen molar-refractivity contribution in [2.75, 3.05) is 21.1 Å². The van der Waals surface area contributed by atoms with Gasteiger partial charge in [0.05, 0.1) is 6.20 Å². The summed E-state index contributed by atoms with van der Waals surface area (Å²) in [7, 11) is 4.57. The molecular weight excluding hydrogens is 1070 g/mol. The van der Waals surface area contributed by atoms with Gasteiger partial charge in [-0.15, -0.1) is 0 Å². The van der Waals surface area contributed by atoms with Gasteiger partial charge >= 0.3 is 0 Å². The molecule has 7 aromatic rings. The Balaban J connectivity index is 0.000000162. The van der Waals surface area contributed by atoms with Gasteiger partial charge in [0.25, 0.3) is 17.7 Å². The van der Waals surface area contributed by atoms with Crippen molar-refractivity contribution in [3.63, 3.8) is 0 Å². The number of carbonyl (C=O) groups excluding carboxylic acids is 3. The van der Waals surface area contributed by atoms with Crippen LogP contribution < -0.4 is 31.4 Å². The first-order valence-electron chi connectivity index (χ1n) is 25.2. The highest BCUT2D eigenvalue weighted by Crippen LogP contribution is 2.44. The van der Waals surface area contributed by atoms with E-state index in [4.69, 9.17) is 31.4 Å². The van der Waals surface area contributed by atoms with E-state index in [1.165, 1.54) is 80.4 Å². The Morgan fingerprint density at radius 2 is 0.939 bits per heavy atom. The van der Waals surface area contributed by atoms with E-state index >= 15 is 0 Å². The number of hydrogen-bond acceptors (Lipinski definition) is 16. The number of benzene rings is 4. The van der Waals surface area contributed by atoms with Crippen LogP contribution in [0.15, 0.2) is 155 Å². The van der Waals surface area contributed by atoms with Gasteiger partial charge in [-0.05, 0) is 119 Å². The molecule has 6 N–H and O–H groups in total. The first kappa shape index (κ1) is 58.3. The summed E-state index contributed by atoms with van der Waals surface area (Å²) < 4.78 is 82.3. The smallest absolute Gasteiger partial charge is 0.266 e. The molecule has 0 aliphatic carbocycles.